The quantitative estimate of drug-likeness (QED) is 0.700. The first kappa shape index (κ1) is 14.3. The number of urea groups is 1. The first-order chi connectivity index (χ1) is 8.45. The van der Waals surface area contributed by atoms with E-state index in [1.807, 2.05) is 6.92 Å². The van der Waals surface area contributed by atoms with Gasteiger partial charge in [-0.15, -0.1) is 0 Å². The van der Waals surface area contributed by atoms with Gasteiger partial charge in [-0.2, -0.15) is 0 Å². The predicted molar refractivity (Wildman–Crippen MR) is 64.0 cm³/mol. The molecule has 0 aromatic heterocycles. The fourth-order valence-corrected chi connectivity index (χ4v) is 1.64. The highest BCUT2D eigenvalue weighted by atomic mass is 16.4. The Balaban J connectivity index is 2.30. The van der Waals surface area contributed by atoms with Crippen molar-refractivity contribution < 1.29 is 19.5 Å². The van der Waals surface area contributed by atoms with E-state index < -0.39 is 11.9 Å². The minimum atomic E-state index is -0.887. The maximum atomic E-state index is 11.8. The van der Waals surface area contributed by atoms with Crippen LogP contribution in [0.3, 0.4) is 0 Å². The number of hydrogen-bond acceptors (Lipinski definition) is 3. The van der Waals surface area contributed by atoms with E-state index in [9.17, 15) is 14.4 Å². The molecule has 0 aromatic rings. The Kier molecular flexibility index (Phi) is 4.94. The Labute approximate surface area is 106 Å². The summed E-state index contributed by atoms with van der Waals surface area (Å²) in [6, 6.07) is -0.306. The zero-order valence-corrected chi connectivity index (χ0v) is 10.7. The van der Waals surface area contributed by atoms with E-state index in [2.05, 4.69) is 5.32 Å². The number of aliphatic carboxylic acids is 1. The molecule has 1 saturated heterocycles. The van der Waals surface area contributed by atoms with Crippen LogP contribution in [0.1, 0.15) is 13.3 Å². The smallest absolute Gasteiger partial charge is 0.320 e. The number of rotatable bonds is 5. The maximum Gasteiger partial charge on any atom is 0.320 e. The zero-order valence-electron chi connectivity index (χ0n) is 10.7. The number of likely N-dealkylation sites (N-methyl/N-ethyl adjacent to an activating group) is 1. The molecule has 1 aliphatic heterocycles. The summed E-state index contributed by atoms with van der Waals surface area (Å²) in [5.74, 6) is -1.57. The normalized spacial score (nSPS) is 14.9. The van der Waals surface area contributed by atoms with Gasteiger partial charge in [-0.25, -0.2) is 4.79 Å². The van der Waals surface area contributed by atoms with Crippen molar-refractivity contribution in [2.75, 3.05) is 33.2 Å². The van der Waals surface area contributed by atoms with Gasteiger partial charge < -0.3 is 20.2 Å². The molecule has 0 aromatic carbocycles. The van der Waals surface area contributed by atoms with E-state index in [1.165, 1.54) is 16.8 Å². The van der Waals surface area contributed by atoms with Crippen LogP contribution in [0.25, 0.3) is 0 Å². The average molecular weight is 257 g/mol. The Morgan fingerprint density at radius 2 is 2.00 bits per heavy atom. The van der Waals surface area contributed by atoms with Crippen molar-refractivity contribution in [1.82, 2.24) is 15.1 Å². The minimum Gasteiger partial charge on any atom is -0.481 e. The van der Waals surface area contributed by atoms with Gasteiger partial charge in [0.15, 0.2) is 0 Å². The highest BCUT2D eigenvalue weighted by Gasteiger charge is 2.37. The van der Waals surface area contributed by atoms with E-state index >= 15 is 0 Å². The van der Waals surface area contributed by atoms with E-state index in [4.69, 9.17) is 5.11 Å². The van der Waals surface area contributed by atoms with Gasteiger partial charge in [-0.1, -0.05) is 6.92 Å². The molecule has 1 fully saturated rings. The Morgan fingerprint density at radius 3 is 2.50 bits per heavy atom. The van der Waals surface area contributed by atoms with Crippen molar-refractivity contribution in [3.8, 4) is 0 Å². The second-order valence-electron chi connectivity index (χ2n) is 4.43. The second kappa shape index (κ2) is 6.23. The van der Waals surface area contributed by atoms with Gasteiger partial charge in [-0.3, -0.25) is 9.59 Å². The minimum absolute atomic E-state index is 0.00687. The molecule has 1 aliphatic rings. The molecule has 0 spiro atoms. The van der Waals surface area contributed by atoms with Gasteiger partial charge in [0, 0.05) is 26.7 Å². The second-order valence-corrected chi connectivity index (χ2v) is 4.43. The number of nitrogens with zero attached hydrogens (tertiary/aromatic N) is 2. The van der Waals surface area contributed by atoms with Gasteiger partial charge in [0.1, 0.15) is 6.54 Å². The first-order valence-corrected chi connectivity index (χ1v) is 5.95. The summed E-state index contributed by atoms with van der Waals surface area (Å²) in [5, 5.41) is 11.4. The number of carboxylic acids is 1. The van der Waals surface area contributed by atoms with Crippen LogP contribution >= 0.6 is 0 Å². The van der Waals surface area contributed by atoms with Crippen LogP contribution < -0.4 is 5.32 Å². The third kappa shape index (κ3) is 3.61. The van der Waals surface area contributed by atoms with Gasteiger partial charge in [0.2, 0.25) is 5.91 Å². The maximum absolute atomic E-state index is 11.8. The lowest BCUT2D eigenvalue weighted by Crippen LogP contribution is -2.57. The van der Waals surface area contributed by atoms with Crippen molar-refractivity contribution >= 4 is 17.9 Å². The number of carbonyl (C=O) groups excluding carboxylic acids is 2. The lowest BCUT2D eigenvalue weighted by Gasteiger charge is -2.38. The summed E-state index contributed by atoms with van der Waals surface area (Å²) < 4.78 is 0. The summed E-state index contributed by atoms with van der Waals surface area (Å²) in [6.07, 6.45) is 0.843. The number of hydrogen-bond donors (Lipinski definition) is 2. The number of carbonyl (C=O) groups is 3. The van der Waals surface area contributed by atoms with E-state index in [0.717, 1.165) is 6.42 Å². The molecule has 0 bridgehead atoms. The van der Waals surface area contributed by atoms with Gasteiger partial charge in [-0.05, 0) is 6.42 Å². The average Bonchev–Trinajstić information content (AvgIpc) is 2.23. The fourth-order valence-electron chi connectivity index (χ4n) is 1.64. The molecule has 18 heavy (non-hydrogen) atoms. The van der Waals surface area contributed by atoms with Crippen molar-refractivity contribution in [3.63, 3.8) is 0 Å². The Morgan fingerprint density at radius 1 is 1.39 bits per heavy atom. The molecule has 0 radical (unpaired) electrons. The summed E-state index contributed by atoms with van der Waals surface area (Å²) >= 11 is 0. The molecule has 3 amide bonds. The topological polar surface area (TPSA) is 90.0 Å². The van der Waals surface area contributed by atoms with Crippen LogP contribution in [0.2, 0.25) is 0 Å². The van der Waals surface area contributed by atoms with Crippen LogP contribution in [-0.2, 0) is 9.59 Å². The molecule has 0 aliphatic carbocycles. The molecule has 7 heteroatoms. The molecule has 1 heterocycles. The van der Waals surface area contributed by atoms with Crippen molar-refractivity contribution in [2.45, 2.75) is 13.3 Å². The Hall–Kier alpha value is -1.79. The summed E-state index contributed by atoms with van der Waals surface area (Å²) in [5.41, 5.74) is 0. The fraction of sp³-hybridized carbons (Fsp3) is 0.727. The molecular formula is C11H19N3O4. The monoisotopic (exact) mass is 257 g/mol. The van der Waals surface area contributed by atoms with Crippen molar-refractivity contribution in [3.05, 3.63) is 0 Å². The number of likely N-dealkylation sites (tertiary alicyclic amines) is 1. The molecule has 0 saturated carbocycles. The predicted octanol–water partition coefficient (Wildman–Crippen LogP) is -0.419. The highest BCUT2D eigenvalue weighted by molar-refractivity contribution is 5.85. The molecule has 0 atom stereocenters. The Bertz CT molecular complexity index is 339. The van der Waals surface area contributed by atoms with Crippen LogP contribution in [0.15, 0.2) is 0 Å². The van der Waals surface area contributed by atoms with Crippen LogP contribution in [0, 0.1) is 5.92 Å². The highest BCUT2D eigenvalue weighted by Crippen LogP contribution is 2.16. The molecule has 0 unspecified atom stereocenters. The molecule has 7 nitrogen and oxygen atoms in total. The zero-order chi connectivity index (χ0) is 13.7. The van der Waals surface area contributed by atoms with E-state index in [1.54, 1.807) is 0 Å². The number of nitrogens with one attached hydrogen (secondary N) is 1. The molecule has 2 N–H and O–H groups in total. The van der Waals surface area contributed by atoms with Gasteiger partial charge in [0.05, 0.1) is 5.92 Å². The largest absolute Gasteiger partial charge is 0.481 e. The lowest BCUT2D eigenvalue weighted by atomic mass is 10.0. The lowest BCUT2D eigenvalue weighted by molar-refractivity contribution is -0.146. The summed E-state index contributed by atoms with van der Waals surface area (Å²) in [4.78, 5) is 36.5. The first-order valence-electron chi connectivity index (χ1n) is 5.95. The van der Waals surface area contributed by atoms with Crippen LogP contribution in [0.4, 0.5) is 4.79 Å². The van der Waals surface area contributed by atoms with Crippen LogP contribution in [0.5, 0.6) is 0 Å². The summed E-state index contributed by atoms with van der Waals surface area (Å²) in [6.45, 7) is 2.96. The molecular weight excluding hydrogens is 238 g/mol. The number of amides is 3. The van der Waals surface area contributed by atoms with Gasteiger partial charge >= 0.3 is 12.0 Å². The number of carboxylic acid groups (broad SMARTS) is 1. The standard InChI is InChI=1S/C11H19N3O4/c1-3-4-12-9(15)7-13(2)11(18)14-5-8(6-14)10(16)17/h8H,3-7H2,1-2H3,(H,12,15)(H,16,17). The summed E-state index contributed by atoms with van der Waals surface area (Å²) in [7, 11) is 1.53. The SMILES string of the molecule is CCCNC(=O)CN(C)C(=O)N1CC(C(=O)O)C1. The van der Waals surface area contributed by atoms with E-state index in [0.29, 0.717) is 6.54 Å². The van der Waals surface area contributed by atoms with Crippen molar-refractivity contribution in [2.24, 2.45) is 5.92 Å². The van der Waals surface area contributed by atoms with Gasteiger partial charge in [0.25, 0.3) is 0 Å². The van der Waals surface area contributed by atoms with Crippen molar-refractivity contribution in [1.29, 1.82) is 0 Å². The van der Waals surface area contributed by atoms with Crippen LogP contribution in [-0.4, -0.2) is 66.0 Å². The molecule has 1 rings (SSSR count). The third-order valence-electron chi connectivity index (χ3n) is 2.78. The molecule has 102 valence electrons. The third-order valence-corrected chi connectivity index (χ3v) is 2.78. The van der Waals surface area contributed by atoms with E-state index in [-0.39, 0.29) is 31.6 Å².